The Morgan fingerprint density at radius 2 is 1.80 bits per heavy atom. The third-order valence-corrected chi connectivity index (χ3v) is 3.05. The number of anilines is 3. The van der Waals surface area contributed by atoms with E-state index < -0.39 is 0 Å². The summed E-state index contributed by atoms with van der Waals surface area (Å²) in [6, 6.07) is 14.9. The Bertz CT molecular complexity index is 588. The van der Waals surface area contributed by atoms with Crippen LogP contribution < -0.4 is 10.6 Å². The number of halogens is 2. The minimum atomic E-state index is -0.126. The average molecular weight is 309 g/mol. The molecule has 2 aromatic carbocycles. The van der Waals surface area contributed by atoms with Gasteiger partial charge in [-0.25, -0.2) is 0 Å². The quantitative estimate of drug-likeness (QED) is 0.789. The maximum absolute atomic E-state index is 11.6. The standard InChI is InChI=1S/C15H14Cl2N2O/c16-9-8-15(20)19-13-7-6-11(17)10-14(13)18-12-4-2-1-3-5-12/h1-7,10,18H,8-9H2,(H,19,20). The summed E-state index contributed by atoms with van der Waals surface area (Å²) in [5.41, 5.74) is 2.34. The highest BCUT2D eigenvalue weighted by molar-refractivity contribution is 6.31. The normalized spacial score (nSPS) is 10.1. The molecule has 3 nitrogen and oxygen atoms in total. The second-order valence-corrected chi connectivity index (χ2v) is 4.98. The van der Waals surface area contributed by atoms with Crippen LogP contribution in [-0.4, -0.2) is 11.8 Å². The van der Waals surface area contributed by atoms with E-state index >= 15 is 0 Å². The van der Waals surface area contributed by atoms with Crippen molar-refractivity contribution in [3.8, 4) is 0 Å². The summed E-state index contributed by atoms with van der Waals surface area (Å²) in [5.74, 6) is 0.166. The number of rotatable bonds is 5. The van der Waals surface area contributed by atoms with Crippen molar-refractivity contribution in [2.24, 2.45) is 0 Å². The van der Waals surface area contributed by atoms with Crippen LogP contribution in [0.3, 0.4) is 0 Å². The van der Waals surface area contributed by atoms with Gasteiger partial charge in [-0.05, 0) is 30.3 Å². The van der Waals surface area contributed by atoms with Gasteiger partial charge in [0.15, 0.2) is 0 Å². The highest BCUT2D eigenvalue weighted by Crippen LogP contribution is 2.28. The number of carbonyl (C=O) groups is 1. The summed E-state index contributed by atoms with van der Waals surface area (Å²) in [6.07, 6.45) is 0.273. The van der Waals surface area contributed by atoms with Crippen LogP contribution >= 0.6 is 23.2 Å². The average Bonchev–Trinajstić information content (AvgIpc) is 2.43. The Morgan fingerprint density at radius 3 is 2.50 bits per heavy atom. The first kappa shape index (κ1) is 14.7. The van der Waals surface area contributed by atoms with E-state index in [0.717, 1.165) is 11.4 Å². The maximum atomic E-state index is 11.6. The lowest BCUT2D eigenvalue weighted by atomic mass is 10.2. The Kier molecular flexibility index (Phi) is 5.27. The summed E-state index contributed by atoms with van der Waals surface area (Å²) >= 11 is 11.6. The van der Waals surface area contributed by atoms with Crippen molar-refractivity contribution in [1.82, 2.24) is 0 Å². The fourth-order valence-corrected chi connectivity index (χ4v) is 2.05. The van der Waals surface area contributed by atoms with Crippen LogP contribution in [0.4, 0.5) is 17.1 Å². The predicted octanol–water partition coefficient (Wildman–Crippen LogP) is 4.65. The summed E-state index contributed by atoms with van der Waals surface area (Å²) in [4.78, 5) is 11.6. The van der Waals surface area contributed by atoms with Crippen molar-refractivity contribution in [1.29, 1.82) is 0 Å². The fourth-order valence-electron chi connectivity index (χ4n) is 1.70. The van der Waals surface area contributed by atoms with E-state index in [2.05, 4.69) is 10.6 Å². The molecule has 0 aliphatic rings. The molecule has 20 heavy (non-hydrogen) atoms. The molecule has 2 N–H and O–H groups in total. The van der Waals surface area contributed by atoms with E-state index in [-0.39, 0.29) is 12.3 Å². The summed E-state index contributed by atoms with van der Waals surface area (Å²) < 4.78 is 0. The number of para-hydroxylation sites is 1. The van der Waals surface area contributed by atoms with E-state index in [0.29, 0.717) is 16.6 Å². The number of hydrogen-bond donors (Lipinski definition) is 2. The van der Waals surface area contributed by atoms with Crippen molar-refractivity contribution < 1.29 is 4.79 Å². The van der Waals surface area contributed by atoms with Gasteiger partial charge in [0.1, 0.15) is 0 Å². The number of nitrogens with one attached hydrogen (secondary N) is 2. The maximum Gasteiger partial charge on any atom is 0.225 e. The van der Waals surface area contributed by atoms with Gasteiger partial charge in [0.05, 0.1) is 11.4 Å². The lowest BCUT2D eigenvalue weighted by Gasteiger charge is -2.13. The molecule has 0 saturated carbocycles. The van der Waals surface area contributed by atoms with E-state index in [1.54, 1.807) is 18.2 Å². The van der Waals surface area contributed by atoms with Gasteiger partial charge in [-0.1, -0.05) is 29.8 Å². The van der Waals surface area contributed by atoms with Crippen LogP contribution in [0, 0.1) is 0 Å². The smallest absolute Gasteiger partial charge is 0.225 e. The zero-order valence-corrected chi connectivity index (χ0v) is 12.2. The molecule has 0 aliphatic carbocycles. The Balaban J connectivity index is 2.22. The van der Waals surface area contributed by atoms with Gasteiger partial charge in [-0.15, -0.1) is 11.6 Å². The first-order valence-corrected chi connectivity index (χ1v) is 7.08. The lowest BCUT2D eigenvalue weighted by Crippen LogP contribution is -2.12. The van der Waals surface area contributed by atoms with Gasteiger partial charge in [-0.3, -0.25) is 4.79 Å². The zero-order valence-electron chi connectivity index (χ0n) is 10.7. The molecule has 0 fully saturated rings. The highest BCUT2D eigenvalue weighted by Gasteiger charge is 2.07. The van der Waals surface area contributed by atoms with Gasteiger partial charge in [0, 0.05) is 23.0 Å². The molecule has 0 bridgehead atoms. The molecule has 104 valence electrons. The van der Waals surface area contributed by atoms with Crippen LogP contribution in [0.15, 0.2) is 48.5 Å². The first-order valence-electron chi connectivity index (χ1n) is 6.16. The zero-order chi connectivity index (χ0) is 14.4. The molecule has 0 atom stereocenters. The number of benzene rings is 2. The molecular weight excluding hydrogens is 295 g/mol. The molecule has 0 saturated heterocycles. The number of hydrogen-bond acceptors (Lipinski definition) is 2. The second-order valence-electron chi connectivity index (χ2n) is 4.17. The SMILES string of the molecule is O=C(CCCl)Nc1ccc(Cl)cc1Nc1ccccc1. The summed E-state index contributed by atoms with van der Waals surface area (Å²) in [5, 5.41) is 6.64. The molecule has 0 unspecified atom stereocenters. The summed E-state index contributed by atoms with van der Waals surface area (Å²) in [7, 11) is 0. The molecule has 0 aromatic heterocycles. The van der Waals surface area contributed by atoms with Gasteiger partial charge in [0.2, 0.25) is 5.91 Å². The van der Waals surface area contributed by atoms with Crippen molar-refractivity contribution in [2.45, 2.75) is 6.42 Å². The Labute approximate surface area is 127 Å². The van der Waals surface area contributed by atoms with Gasteiger partial charge in [-0.2, -0.15) is 0 Å². The van der Waals surface area contributed by atoms with Crippen molar-refractivity contribution in [3.05, 3.63) is 53.6 Å². The minimum Gasteiger partial charge on any atom is -0.354 e. The Morgan fingerprint density at radius 1 is 1.05 bits per heavy atom. The van der Waals surface area contributed by atoms with Gasteiger partial charge in [0.25, 0.3) is 0 Å². The fraction of sp³-hybridized carbons (Fsp3) is 0.133. The van der Waals surface area contributed by atoms with Gasteiger partial charge >= 0.3 is 0 Å². The van der Waals surface area contributed by atoms with E-state index in [1.807, 2.05) is 30.3 Å². The van der Waals surface area contributed by atoms with Crippen molar-refractivity contribution >= 4 is 46.2 Å². The third kappa shape index (κ3) is 4.15. The van der Waals surface area contributed by atoms with Crippen molar-refractivity contribution in [2.75, 3.05) is 16.5 Å². The topological polar surface area (TPSA) is 41.1 Å². The van der Waals surface area contributed by atoms with Crippen LogP contribution in [-0.2, 0) is 4.79 Å². The molecule has 2 rings (SSSR count). The monoisotopic (exact) mass is 308 g/mol. The van der Waals surface area contributed by atoms with Crippen molar-refractivity contribution in [3.63, 3.8) is 0 Å². The third-order valence-electron chi connectivity index (χ3n) is 2.63. The lowest BCUT2D eigenvalue weighted by molar-refractivity contribution is -0.115. The van der Waals surface area contributed by atoms with E-state index in [9.17, 15) is 4.79 Å². The van der Waals surface area contributed by atoms with Crippen LogP contribution in [0.25, 0.3) is 0 Å². The molecule has 0 aliphatic heterocycles. The van der Waals surface area contributed by atoms with Gasteiger partial charge < -0.3 is 10.6 Å². The second kappa shape index (κ2) is 7.17. The largest absolute Gasteiger partial charge is 0.354 e. The van der Waals surface area contributed by atoms with Crippen LogP contribution in [0.5, 0.6) is 0 Å². The first-order chi connectivity index (χ1) is 9.69. The van der Waals surface area contributed by atoms with E-state index in [4.69, 9.17) is 23.2 Å². The molecule has 2 aromatic rings. The highest BCUT2D eigenvalue weighted by atomic mass is 35.5. The summed E-state index contributed by atoms with van der Waals surface area (Å²) in [6.45, 7) is 0. The van der Waals surface area contributed by atoms with Crippen LogP contribution in [0.1, 0.15) is 6.42 Å². The molecule has 5 heteroatoms. The number of carbonyl (C=O) groups excluding carboxylic acids is 1. The molecule has 0 radical (unpaired) electrons. The molecule has 1 amide bonds. The van der Waals surface area contributed by atoms with Crippen LogP contribution in [0.2, 0.25) is 5.02 Å². The molecule has 0 heterocycles. The van der Waals surface area contributed by atoms with E-state index in [1.165, 1.54) is 0 Å². The minimum absolute atomic E-state index is 0.126. The number of alkyl halides is 1. The Hall–Kier alpha value is -1.71. The molecule has 0 spiro atoms. The number of amides is 1. The predicted molar refractivity (Wildman–Crippen MR) is 85.1 cm³/mol. The molecular formula is C15H14Cl2N2O.